The van der Waals surface area contributed by atoms with E-state index >= 15 is 0 Å². The number of carbonyl (C=O) groups is 1. The van der Waals surface area contributed by atoms with Gasteiger partial charge in [-0.15, -0.1) is 0 Å². The third-order valence-electron chi connectivity index (χ3n) is 7.98. The van der Waals surface area contributed by atoms with Crippen LogP contribution in [0.15, 0.2) is 38.9 Å². The zero-order valence-electron chi connectivity index (χ0n) is 22.7. The maximum Gasteiger partial charge on any atom is 0.332 e. The summed E-state index contributed by atoms with van der Waals surface area (Å²) in [5.41, 5.74) is 0.0826. The second-order valence-corrected chi connectivity index (χ2v) is 10.8. The van der Waals surface area contributed by atoms with Gasteiger partial charge in [0.05, 0.1) is 36.1 Å². The SMILES string of the molecule is Cn1c(=O)c2c(ncn2[C@@H]2C[C@@H](O)CN(C(=O)CCc3ccc4c(c3)n(C)c(=O)n4C)C[C@@]2(C)O)n(C)c1=O. The number of amides is 1. The van der Waals surface area contributed by atoms with Crippen LogP contribution in [0.5, 0.6) is 0 Å². The first-order valence-corrected chi connectivity index (χ1v) is 12.8. The molecule has 0 spiro atoms. The van der Waals surface area contributed by atoms with Crippen molar-refractivity contribution in [3.05, 3.63) is 61.4 Å². The molecule has 3 atom stereocenters. The minimum Gasteiger partial charge on any atom is -0.391 e. The lowest BCUT2D eigenvalue weighted by Crippen LogP contribution is -2.47. The molecular formula is C26H33N7O6. The van der Waals surface area contributed by atoms with Gasteiger partial charge in [-0.3, -0.25) is 27.9 Å². The molecule has 4 heterocycles. The van der Waals surface area contributed by atoms with Crippen molar-refractivity contribution in [3.63, 3.8) is 0 Å². The quantitative estimate of drug-likeness (QED) is 0.343. The maximum absolute atomic E-state index is 13.3. The molecule has 0 radical (unpaired) electrons. The highest BCUT2D eigenvalue weighted by Crippen LogP contribution is 2.33. The molecule has 1 aliphatic heterocycles. The third kappa shape index (κ3) is 4.31. The normalized spacial score (nSPS) is 22.1. The lowest BCUT2D eigenvalue weighted by Gasteiger charge is -2.34. The molecule has 0 unspecified atom stereocenters. The van der Waals surface area contributed by atoms with Crippen LogP contribution in [0.3, 0.4) is 0 Å². The van der Waals surface area contributed by atoms with Crippen molar-refractivity contribution in [2.45, 2.75) is 43.9 Å². The lowest BCUT2D eigenvalue weighted by molar-refractivity contribution is -0.135. The minimum atomic E-state index is -1.51. The summed E-state index contributed by atoms with van der Waals surface area (Å²) in [7, 11) is 6.30. The van der Waals surface area contributed by atoms with Crippen molar-refractivity contribution in [1.82, 2.24) is 32.7 Å². The molecule has 0 bridgehead atoms. The largest absolute Gasteiger partial charge is 0.391 e. The molecular weight excluding hydrogens is 506 g/mol. The van der Waals surface area contributed by atoms with E-state index < -0.39 is 29.0 Å². The van der Waals surface area contributed by atoms with Gasteiger partial charge < -0.3 is 19.7 Å². The Balaban J connectivity index is 1.39. The first-order chi connectivity index (χ1) is 18.3. The standard InChI is InChI=1S/C26H33N7O6/c1-26(39)13-32(20(35)9-7-15-6-8-17-18(10-15)29(3)24(37)28(17)2)12-16(34)11-19(26)33-14-27-22-21(33)23(36)31(5)25(38)30(22)4/h6,8,10,14,16,19,34,39H,7,9,11-13H2,1-5H3/t16-,19-,26-/m1/s1. The van der Waals surface area contributed by atoms with E-state index in [1.165, 1.54) is 34.5 Å². The molecule has 4 aromatic rings. The van der Waals surface area contributed by atoms with Gasteiger partial charge in [-0.25, -0.2) is 14.6 Å². The fourth-order valence-corrected chi connectivity index (χ4v) is 5.72. The summed E-state index contributed by atoms with van der Waals surface area (Å²) < 4.78 is 6.88. The Hall–Kier alpha value is -3.97. The molecule has 0 saturated carbocycles. The predicted octanol–water partition coefficient (Wildman–Crippen LogP) is -0.858. The Morgan fingerprint density at radius 2 is 1.69 bits per heavy atom. The second-order valence-electron chi connectivity index (χ2n) is 10.8. The van der Waals surface area contributed by atoms with E-state index in [1.807, 2.05) is 18.2 Å². The lowest BCUT2D eigenvalue weighted by atomic mass is 9.92. The van der Waals surface area contributed by atoms with E-state index in [0.717, 1.165) is 21.2 Å². The van der Waals surface area contributed by atoms with E-state index in [2.05, 4.69) is 4.98 Å². The molecule has 1 saturated heterocycles. The van der Waals surface area contributed by atoms with Crippen LogP contribution in [-0.2, 0) is 39.4 Å². The van der Waals surface area contributed by atoms with Crippen molar-refractivity contribution < 1.29 is 15.0 Å². The number of rotatable bonds is 4. The van der Waals surface area contributed by atoms with Gasteiger partial charge in [0, 0.05) is 41.2 Å². The van der Waals surface area contributed by atoms with Crippen molar-refractivity contribution in [3.8, 4) is 0 Å². The van der Waals surface area contributed by atoms with Crippen LogP contribution in [0.4, 0.5) is 0 Å². The number of aliphatic hydroxyl groups is 2. The molecule has 1 fully saturated rings. The highest BCUT2D eigenvalue weighted by Gasteiger charge is 2.42. The molecule has 39 heavy (non-hydrogen) atoms. The zero-order chi connectivity index (χ0) is 28.4. The second kappa shape index (κ2) is 9.35. The number of imidazole rings is 2. The first kappa shape index (κ1) is 26.6. The van der Waals surface area contributed by atoms with Gasteiger partial charge in [-0.2, -0.15) is 0 Å². The average molecular weight is 540 g/mol. The molecule has 1 aliphatic rings. The summed E-state index contributed by atoms with van der Waals surface area (Å²) in [5.74, 6) is -0.231. The molecule has 5 rings (SSSR count). The Bertz CT molecular complexity index is 1790. The number of aryl methyl sites for hydroxylation is 4. The van der Waals surface area contributed by atoms with Crippen LogP contribution < -0.4 is 16.9 Å². The van der Waals surface area contributed by atoms with Crippen LogP contribution in [0, 0.1) is 0 Å². The number of carbonyl (C=O) groups excluding carboxylic acids is 1. The molecule has 13 heteroatoms. The summed E-state index contributed by atoms with van der Waals surface area (Å²) in [4.78, 5) is 56.5. The zero-order valence-corrected chi connectivity index (χ0v) is 22.7. The smallest absolute Gasteiger partial charge is 0.332 e. The predicted molar refractivity (Wildman–Crippen MR) is 144 cm³/mol. The van der Waals surface area contributed by atoms with E-state index in [1.54, 1.807) is 30.2 Å². The number of likely N-dealkylation sites (tertiary alicyclic amines) is 1. The summed E-state index contributed by atoms with van der Waals surface area (Å²) in [5, 5.41) is 22.4. The topological polar surface area (TPSA) is 150 Å². The number of fused-ring (bicyclic) bond motifs is 2. The van der Waals surface area contributed by atoms with Crippen molar-refractivity contribution >= 4 is 28.1 Å². The van der Waals surface area contributed by atoms with Crippen LogP contribution in [0.2, 0.25) is 0 Å². The van der Waals surface area contributed by atoms with Gasteiger partial charge >= 0.3 is 11.4 Å². The molecule has 1 aromatic carbocycles. The fraction of sp³-hybridized carbons (Fsp3) is 0.500. The van der Waals surface area contributed by atoms with Gasteiger partial charge in [0.25, 0.3) is 5.56 Å². The maximum atomic E-state index is 13.3. The number of hydrogen-bond donors (Lipinski definition) is 2. The van der Waals surface area contributed by atoms with Crippen LogP contribution in [0.25, 0.3) is 22.2 Å². The van der Waals surface area contributed by atoms with Gasteiger partial charge in [0.15, 0.2) is 11.2 Å². The molecule has 13 nitrogen and oxygen atoms in total. The monoisotopic (exact) mass is 539 g/mol. The molecule has 0 aliphatic carbocycles. The Morgan fingerprint density at radius 1 is 1.03 bits per heavy atom. The Kier molecular flexibility index (Phi) is 6.38. The Labute approximate surface area is 222 Å². The number of β-amino-alcohol motifs (C(OH)–C–C–N with tert-alkyl or cyclic N) is 2. The molecule has 3 aromatic heterocycles. The fourth-order valence-electron chi connectivity index (χ4n) is 5.72. The number of benzene rings is 1. The number of nitrogens with zero attached hydrogens (tertiary/aromatic N) is 7. The number of aliphatic hydroxyl groups excluding tert-OH is 1. The van der Waals surface area contributed by atoms with Crippen LogP contribution in [0.1, 0.15) is 31.4 Å². The highest BCUT2D eigenvalue weighted by molar-refractivity contribution is 5.79. The number of hydrogen-bond acceptors (Lipinski definition) is 7. The minimum absolute atomic E-state index is 0.0286. The average Bonchev–Trinajstić information content (AvgIpc) is 3.38. The van der Waals surface area contributed by atoms with E-state index in [4.69, 9.17) is 0 Å². The summed E-state index contributed by atoms with van der Waals surface area (Å²) in [6, 6.07) is 4.86. The van der Waals surface area contributed by atoms with Gasteiger partial charge in [0.1, 0.15) is 5.60 Å². The van der Waals surface area contributed by atoms with Gasteiger partial charge in [-0.05, 0) is 37.5 Å². The molecule has 1 amide bonds. The van der Waals surface area contributed by atoms with E-state index in [9.17, 15) is 29.4 Å². The first-order valence-electron chi connectivity index (χ1n) is 12.8. The molecule has 2 N–H and O–H groups in total. The Morgan fingerprint density at radius 3 is 2.41 bits per heavy atom. The summed E-state index contributed by atoms with van der Waals surface area (Å²) in [6.07, 6.45) is 1.08. The third-order valence-corrected chi connectivity index (χ3v) is 7.98. The van der Waals surface area contributed by atoms with Crippen molar-refractivity contribution in [2.75, 3.05) is 13.1 Å². The van der Waals surface area contributed by atoms with Crippen molar-refractivity contribution in [1.29, 1.82) is 0 Å². The number of aromatic nitrogens is 6. The van der Waals surface area contributed by atoms with E-state index in [-0.39, 0.29) is 48.7 Å². The van der Waals surface area contributed by atoms with E-state index in [0.29, 0.717) is 6.42 Å². The van der Waals surface area contributed by atoms with Crippen molar-refractivity contribution in [2.24, 2.45) is 28.2 Å². The summed E-state index contributed by atoms with van der Waals surface area (Å²) >= 11 is 0. The van der Waals surface area contributed by atoms with Gasteiger partial charge in [-0.1, -0.05) is 6.07 Å². The molecule has 208 valence electrons. The van der Waals surface area contributed by atoms with Crippen LogP contribution in [-0.4, -0.2) is 73.6 Å². The highest BCUT2D eigenvalue weighted by atomic mass is 16.3. The van der Waals surface area contributed by atoms with Gasteiger partial charge in [0.2, 0.25) is 5.91 Å². The summed E-state index contributed by atoms with van der Waals surface area (Å²) in [6.45, 7) is 1.53. The van der Waals surface area contributed by atoms with Crippen LogP contribution >= 0.6 is 0 Å².